The minimum Gasteiger partial charge on any atom is -0.331 e. The highest BCUT2D eigenvalue weighted by molar-refractivity contribution is 6.05. The van der Waals surface area contributed by atoms with Crippen LogP contribution in [-0.4, -0.2) is 24.5 Å². The van der Waals surface area contributed by atoms with Crippen LogP contribution in [0.15, 0.2) is 48.8 Å². The molecule has 0 amide bonds. The molecule has 5 rings (SSSR count). The molecule has 0 saturated heterocycles. The van der Waals surface area contributed by atoms with Gasteiger partial charge in [-0.05, 0) is 36.4 Å². The summed E-state index contributed by atoms with van der Waals surface area (Å²) in [5.41, 5.74) is 5.51. The molecule has 0 radical (unpaired) electrons. The van der Waals surface area contributed by atoms with Gasteiger partial charge < -0.3 is 4.57 Å². The first-order valence-electron chi connectivity index (χ1n) is 10.1. The Kier molecular flexibility index (Phi) is 4.23. The molecule has 0 aliphatic carbocycles. The van der Waals surface area contributed by atoms with E-state index in [0.717, 1.165) is 53.0 Å². The molecule has 0 bridgehead atoms. The van der Waals surface area contributed by atoms with Crippen LogP contribution in [0.25, 0.3) is 32.7 Å². The third kappa shape index (κ3) is 2.94. The van der Waals surface area contributed by atoms with E-state index >= 15 is 0 Å². The van der Waals surface area contributed by atoms with Gasteiger partial charge in [0.25, 0.3) is 0 Å². The van der Waals surface area contributed by atoms with E-state index in [1.165, 1.54) is 21.9 Å². The SMILES string of the molecule is CCc1cccc2c1ccc1c2nc(CCc2nc(C)c3ccncc3n2)n1C. The van der Waals surface area contributed by atoms with Crippen molar-refractivity contribution < 1.29 is 0 Å². The Morgan fingerprint density at radius 1 is 0.897 bits per heavy atom. The standard InChI is InChI=1S/C24H23N5/c1-4-16-6-5-7-19-18(16)8-9-21-24(19)28-23(29(21)3)11-10-22-26-15(2)17-12-13-25-14-20(17)27-22/h5-9,12-14H,4,10-11H2,1-3H3. The Morgan fingerprint density at radius 3 is 2.66 bits per heavy atom. The summed E-state index contributed by atoms with van der Waals surface area (Å²) in [6.07, 6.45) is 6.16. The number of pyridine rings is 1. The number of benzene rings is 2. The maximum absolute atomic E-state index is 5.01. The van der Waals surface area contributed by atoms with Crippen LogP contribution in [0.3, 0.4) is 0 Å². The van der Waals surface area contributed by atoms with Crippen molar-refractivity contribution in [3.8, 4) is 0 Å². The van der Waals surface area contributed by atoms with E-state index in [1.807, 2.05) is 13.0 Å². The third-order valence-corrected chi connectivity index (χ3v) is 5.78. The molecule has 144 valence electrons. The van der Waals surface area contributed by atoms with Crippen molar-refractivity contribution in [1.29, 1.82) is 0 Å². The van der Waals surface area contributed by atoms with Crippen LogP contribution >= 0.6 is 0 Å². The number of aryl methyl sites for hydroxylation is 5. The lowest BCUT2D eigenvalue weighted by Crippen LogP contribution is -2.04. The van der Waals surface area contributed by atoms with E-state index in [1.54, 1.807) is 12.4 Å². The fourth-order valence-corrected chi connectivity index (χ4v) is 4.19. The van der Waals surface area contributed by atoms with Gasteiger partial charge in [0.1, 0.15) is 11.6 Å². The molecule has 3 aromatic heterocycles. The van der Waals surface area contributed by atoms with E-state index in [2.05, 4.69) is 53.9 Å². The molecule has 29 heavy (non-hydrogen) atoms. The number of hydrogen-bond donors (Lipinski definition) is 0. The Hall–Kier alpha value is -3.34. The highest BCUT2D eigenvalue weighted by Gasteiger charge is 2.13. The van der Waals surface area contributed by atoms with Crippen LogP contribution in [-0.2, 0) is 26.3 Å². The van der Waals surface area contributed by atoms with Crippen molar-refractivity contribution in [3.05, 3.63) is 71.7 Å². The molecule has 3 heterocycles. The number of rotatable bonds is 4. The summed E-state index contributed by atoms with van der Waals surface area (Å²) in [5, 5.41) is 3.59. The van der Waals surface area contributed by atoms with Gasteiger partial charge in [0.05, 0.1) is 22.7 Å². The lowest BCUT2D eigenvalue weighted by atomic mass is 10.0. The van der Waals surface area contributed by atoms with Gasteiger partial charge in [-0.25, -0.2) is 15.0 Å². The Labute approximate surface area is 169 Å². The van der Waals surface area contributed by atoms with E-state index in [0.29, 0.717) is 0 Å². The minimum atomic E-state index is 0.751. The molecule has 0 unspecified atom stereocenters. The van der Waals surface area contributed by atoms with Crippen LogP contribution in [0.2, 0.25) is 0 Å². The van der Waals surface area contributed by atoms with Crippen molar-refractivity contribution in [3.63, 3.8) is 0 Å². The van der Waals surface area contributed by atoms with Crippen molar-refractivity contribution in [1.82, 2.24) is 24.5 Å². The van der Waals surface area contributed by atoms with Gasteiger partial charge in [0.15, 0.2) is 0 Å². The highest BCUT2D eigenvalue weighted by atomic mass is 15.1. The van der Waals surface area contributed by atoms with Gasteiger partial charge in [-0.15, -0.1) is 0 Å². The molecule has 0 saturated carbocycles. The number of nitrogens with zero attached hydrogens (tertiary/aromatic N) is 5. The average Bonchev–Trinajstić information content (AvgIpc) is 3.08. The first-order valence-corrected chi connectivity index (χ1v) is 10.1. The number of imidazole rings is 1. The molecule has 0 atom stereocenters. The fourth-order valence-electron chi connectivity index (χ4n) is 4.19. The first-order chi connectivity index (χ1) is 14.2. The van der Waals surface area contributed by atoms with Crippen molar-refractivity contribution in [2.24, 2.45) is 7.05 Å². The predicted octanol–water partition coefficient (Wildman–Crippen LogP) is 4.72. The summed E-state index contributed by atoms with van der Waals surface area (Å²) in [7, 11) is 2.09. The first kappa shape index (κ1) is 17.7. The molecular formula is C24H23N5. The van der Waals surface area contributed by atoms with Crippen LogP contribution < -0.4 is 0 Å². The van der Waals surface area contributed by atoms with Crippen molar-refractivity contribution in [2.45, 2.75) is 33.1 Å². The topological polar surface area (TPSA) is 56.5 Å². The minimum absolute atomic E-state index is 0.751. The molecule has 0 aliphatic rings. The Balaban J connectivity index is 1.52. The monoisotopic (exact) mass is 381 g/mol. The summed E-state index contributed by atoms with van der Waals surface area (Å²) in [4.78, 5) is 18.6. The summed E-state index contributed by atoms with van der Waals surface area (Å²) >= 11 is 0. The fraction of sp³-hybridized carbons (Fsp3) is 0.250. The normalized spacial score (nSPS) is 11.7. The van der Waals surface area contributed by atoms with Gasteiger partial charge in [-0.1, -0.05) is 31.2 Å². The number of fused-ring (bicyclic) bond motifs is 4. The molecule has 5 aromatic rings. The van der Waals surface area contributed by atoms with Crippen molar-refractivity contribution in [2.75, 3.05) is 0 Å². The molecule has 0 spiro atoms. The highest BCUT2D eigenvalue weighted by Crippen LogP contribution is 2.28. The second kappa shape index (κ2) is 6.92. The molecule has 2 aromatic carbocycles. The van der Waals surface area contributed by atoms with E-state index in [9.17, 15) is 0 Å². The van der Waals surface area contributed by atoms with E-state index in [-0.39, 0.29) is 0 Å². The molecule has 0 N–H and O–H groups in total. The lowest BCUT2D eigenvalue weighted by molar-refractivity contribution is 0.760. The molecule has 0 aliphatic heterocycles. The number of aromatic nitrogens is 5. The molecule has 0 fully saturated rings. The zero-order valence-corrected chi connectivity index (χ0v) is 17.0. The molecule has 5 heteroatoms. The predicted molar refractivity (Wildman–Crippen MR) is 117 cm³/mol. The van der Waals surface area contributed by atoms with E-state index < -0.39 is 0 Å². The van der Waals surface area contributed by atoms with Crippen LogP contribution in [0, 0.1) is 6.92 Å². The Morgan fingerprint density at radius 2 is 1.79 bits per heavy atom. The number of hydrogen-bond acceptors (Lipinski definition) is 4. The quantitative estimate of drug-likeness (QED) is 0.452. The summed E-state index contributed by atoms with van der Waals surface area (Å²) in [5.74, 6) is 1.90. The third-order valence-electron chi connectivity index (χ3n) is 5.78. The second-order valence-electron chi connectivity index (χ2n) is 7.50. The summed E-state index contributed by atoms with van der Waals surface area (Å²) < 4.78 is 2.20. The average molecular weight is 381 g/mol. The van der Waals surface area contributed by atoms with Crippen molar-refractivity contribution >= 4 is 32.7 Å². The zero-order chi connectivity index (χ0) is 20.0. The zero-order valence-electron chi connectivity index (χ0n) is 17.0. The van der Waals surface area contributed by atoms with Crippen LogP contribution in [0.4, 0.5) is 0 Å². The smallest absolute Gasteiger partial charge is 0.129 e. The van der Waals surface area contributed by atoms with Gasteiger partial charge in [-0.2, -0.15) is 0 Å². The van der Waals surface area contributed by atoms with Gasteiger partial charge in [-0.3, -0.25) is 4.98 Å². The second-order valence-corrected chi connectivity index (χ2v) is 7.50. The van der Waals surface area contributed by atoms with Crippen LogP contribution in [0.5, 0.6) is 0 Å². The maximum Gasteiger partial charge on any atom is 0.129 e. The van der Waals surface area contributed by atoms with Gasteiger partial charge >= 0.3 is 0 Å². The van der Waals surface area contributed by atoms with E-state index in [4.69, 9.17) is 15.0 Å². The maximum atomic E-state index is 5.01. The molecular weight excluding hydrogens is 358 g/mol. The Bertz CT molecular complexity index is 1370. The van der Waals surface area contributed by atoms with Gasteiger partial charge in [0, 0.05) is 42.6 Å². The lowest BCUT2D eigenvalue weighted by Gasteiger charge is -2.06. The molecule has 5 nitrogen and oxygen atoms in total. The van der Waals surface area contributed by atoms with Crippen LogP contribution in [0.1, 0.15) is 29.8 Å². The largest absolute Gasteiger partial charge is 0.331 e. The summed E-state index contributed by atoms with van der Waals surface area (Å²) in [6.45, 7) is 4.23. The summed E-state index contributed by atoms with van der Waals surface area (Å²) in [6, 6.07) is 12.9. The van der Waals surface area contributed by atoms with Gasteiger partial charge in [0.2, 0.25) is 0 Å².